The van der Waals surface area contributed by atoms with Crippen molar-refractivity contribution in [1.29, 1.82) is 0 Å². The molecule has 0 fully saturated rings. The highest BCUT2D eigenvalue weighted by Gasteiger charge is 2.05. The first-order chi connectivity index (χ1) is 5.27. The van der Waals surface area contributed by atoms with Crippen molar-refractivity contribution in [2.75, 3.05) is 0 Å². The SMILES string of the molecule is S=c1oc2ccnc(Cl)c2o1. The molecule has 0 bridgehead atoms. The van der Waals surface area contributed by atoms with Crippen molar-refractivity contribution in [2.24, 2.45) is 0 Å². The fourth-order valence-electron chi connectivity index (χ4n) is 0.773. The van der Waals surface area contributed by atoms with Gasteiger partial charge in [-0.1, -0.05) is 11.6 Å². The number of hydrogen-bond donors (Lipinski definition) is 0. The molecule has 0 aliphatic rings. The number of halogens is 1. The first kappa shape index (κ1) is 6.82. The second-order valence-electron chi connectivity index (χ2n) is 1.88. The van der Waals surface area contributed by atoms with Crippen LogP contribution in [0.5, 0.6) is 0 Å². The van der Waals surface area contributed by atoms with Crippen molar-refractivity contribution in [3.63, 3.8) is 0 Å². The number of nitrogens with zero attached hydrogens (tertiary/aromatic N) is 1. The van der Waals surface area contributed by atoms with Gasteiger partial charge >= 0.3 is 4.90 Å². The summed E-state index contributed by atoms with van der Waals surface area (Å²) >= 11 is 10.3. The average molecular weight is 188 g/mol. The fourth-order valence-corrected chi connectivity index (χ4v) is 1.13. The van der Waals surface area contributed by atoms with Gasteiger partial charge in [0.15, 0.2) is 10.7 Å². The smallest absolute Gasteiger partial charge is 0.363 e. The largest absolute Gasteiger partial charge is 0.413 e. The van der Waals surface area contributed by atoms with Gasteiger partial charge in [-0.15, -0.1) is 0 Å². The van der Waals surface area contributed by atoms with E-state index in [1.54, 1.807) is 6.07 Å². The highest BCUT2D eigenvalue weighted by Crippen LogP contribution is 2.22. The van der Waals surface area contributed by atoms with Crippen molar-refractivity contribution in [3.8, 4) is 0 Å². The highest BCUT2D eigenvalue weighted by molar-refractivity contribution is 7.71. The number of pyridine rings is 1. The van der Waals surface area contributed by atoms with Gasteiger partial charge in [-0.3, -0.25) is 0 Å². The van der Waals surface area contributed by atoms with Gasteiger partial charge in [0.1, 0.15) is 0 Å². The molecule has 0 saturated carbocycles. The summed E-state index contributed by atoms with van der Waals surface area (Å²) in [6.45, 7) is 0. The molecule has 2 aromatic heterocycles. The first-order valence-corrected chi connectivity index (χ1v) is 3.60. The summed E-state index contributed by atoms with van der Waals surface area (Å²) in [5, 5.41) is 0.266. The number of rotatable bonds is 0. The molecule has 0 aliphatic carbocycles. The Balaban J connectivity index is 3.01. The van der Waals surface area contributed by atoms with Crippen LogP contribution in [0.1, 0.15) is 0 Å². The molecule has 0 unspecified atom stereocenters. The lowest BCUT2D eigenvalue weighted by atomic mass is 10.5. The Hall–Kier alpha value is -0.870. The van der Waals surface area contributed by atoms with E-state index in [1.807, 2.05) is 0 Å². The number of aromatic nitrogens is 1. The molecule has 2 heterocycles. The first-order valence-electron chi connectivity index (χ1n) is 2.81. The molecule has 2 aromatic rings. The van der Waals surface area contributed by atoms with Crippen molar-refractivity contribution in [3.05, 3.63) is 22.3 Å². The third-order valence-electron chi connectivity index (χ3n) is 1.20. The highest BCUT2D eigenvalue weighted by atomic mass is 35.5. The molecule has 0 radical (unpaired) electrons. The Morgan fingerprint density at radius 1 is 1.45 bits per heavy atom. The van der Waals surface area contributed by atoms with Crippen LogP contribution in [0.4, 0.5) is 0 Å². The Labute approximate surface area is 71.6 Å². The summed E-state index contributed by atoms with van der Waals surface area (Å²) in [5.41, 5.74) is 0.925. The summed E-state index contributed by atoms with van der Waals surface area (Å²) < 4.78 is 9.92. The lowest BCUT2D eigenvalue weighted by Gasteiger charge is -1.84. The predicted octanol–water partition coefficient (Wildman–Crippen LogP) is 2.80. The molecule has 0 N–H and O–H groups in total. The zero-order valence-electron chi connectivity index (χ0n) is 5.20. The summed E-state index contributed by atoms with van der Waals surface area (Å²) in [5.74, 6) is 0. The summed E-state index contributed by atoms with van der Waals surface area (Å²) in [4.78, 5) is 3.85. The van der Waals surface area contributed by atoms with Crippen molar-refractivity contribution < 1.29 is 8.83 Å². The molecule has 3 nitrogen and oxygen atoms in total. The molecule has 11 heavy (non-hydrogen) atoms. The summed E-state index contributed by atoms with van der Waals surface area (Å²) in [6, 6.07) is 1.64. The van der Waals surface area contributed by atoms with E-state index >= 15 is 0 Å². The Kier molecular flexibility index (Phi) is 1.44. The van der Waals surface area contributed by atoms with Gasteiger partial charge in [0.05, 0.1) is 0 Å². The predicted molar refractivity (Wildman–Crippen MR) is 42.1 cm³/mol. The molecule has 0 saturated heterocycles. The van der Waals surface area contributed by atoms with Gasteiger partial charge in [-0.25, -0.2) is 4.98 Å². The van der Waals surface area contributed by atoms with E-state index < -0.39 is 0 Å². The Morgan fingerprint density at radius 3 is 3.00 bits per heavy atom. The quantitative estimate of drug-likeness (QED) is 0.470. The lowest BCUT2D eigenvalue weighted by Crippen LogP contribution is -1.71. The molecule has 5 heteroatoms. The van der Waals surface area contributed by atoms with Crippen molar-refractivity contribution in [1.82, 2.24) is 4.98 Å². The molecule has 0 aliphatic heterocycles. The second-order valence-corrected chi connectivity index (χ2v) is 2.57. The third kappa shape index (κ3) is 1.04. The fraction of sp³-hybridized carbons (Fsp3) is 0. The van der Waals surface area contributed by atoms with E-state index in [4.69, 9.17) is 20.4 Å². The maximum Gasteiger partial charge on any atom is 0.363 e. The molecule has 0 spiro atoms. The van der Waals surface area contributed by atoms with Crippen LogP contribution in [0.3, 0.4) is 0 Å². The molecule has 0 aromatic carbocycles. The van der Waals surface area contributed by atoms with Crippen LogP contribution in [-0.4, -0.2) is 4.98 Å². The Morgan fingerprint density at radius 2 is 2.27 bits per heavy atom. The van der Waals surface area contributed by atoms with E-state index in [0.717, 1.165) is 0 Å². The van der Waals surface area contributed by atoms with Crippen LogP contribution in [0.25, 0.3) is 11.2 Å². The normalized spacial score (nSPS) is 10.6. The van der Waals surface area contributed by atoms with Gasteiger partial charge in [0.25, 0.3) is 0 Å². The van der Waals surface area contributed by atoms with Crippen LogP contribution in [0.2, 0.25) is 5.15 Å². The van der Waals surface area contributed by atoms with Crippen LogP contribution >= 0.6 is 23.8 Å². The monoisotopic (exact) mass is 187 g/mol. The zero-order valence-corrected chi connectivity index (χ0v) is 6.78. The third-order valence-corrected chi connectivity index (χ3v) is 1.64. The Bertz CT molecular complexity index is 447. The molecular weight excluding hydrogens is 186 g/mol. The van der Waals surface area contributed by atoms with Gasteiger partial charge in [0.2, 0.25) is 5.58 Å². The second kappa shape index (κ2) is 2.32. The van der Waals surface area contributed by atoms with Crippen LogP contribution in [0, 0.1) is 4.90 Å². The van der Waals surface area contributed by atoms with Gasteiger partial charge in [-0.05, 0) is 0 Å². The zero-order chi connectivity index (χ0) is 7.84. The van der Waals surface area contributed by atoms with Crippen LogP contribution in [0.15, 0.2) is 21.1 Å². The lowest BCUT2D eigenvalue weighted by molar-refractivity contribution is 0.443. The molecule has 56 valence electrons. The van der Waals surface area contributed by atoms with Crippen molar-refractivity contribution in [2.45, 2.75) is 0 Å². The molecule has 0 atom stereocenters. The number of fused-ring (bicyclic) bond motifs is 1. The van der Waals surface area contributed by atoms with Crippen LogP contribution in [-0.2, 0) is 0 Å². The minimum Gasteiger partial charge on any atom is -0.413 e. The van der Waals surface area contributed by atoms with E-state index in [9.17, 15) is 0 Å². The maximum atomic E-state index is 5.66. The standard InChI is InChI=1S/C6H2ClNO2S/c7-5-4-3(1-2-8-5)9-6(11)10-4/h1-2H. The molecular formula is C6H2ClNO2S. The van der Waals surface area contributed by atoms with Gasteiger partial charge < -0.3 is 8.83 Å². The van der Waals surface area contributed by atoms with E-state index in [-0.39, 0.29) is 10.1 Å². The molecule has 2 rings (SSSR count). The summed E-state index contributed by atoms with van der Waals surface area (Å²) in [6.07, 6.45) is 1.53. The van der Waals surface area contributed by atoms with Crippen LogP contribution < -0.4 is 0 Å². The topological polar surface area (TPSA) is 39.2 Å². The molecule has 0 amide bonds. The van der Waals surface area contributed by atoms with Gasteiger partial charge in [-0.2, -0.15) is 0 Å². The minimum absolute atomic E-state index is 0.0647. The van der Waals surface area contributed by atoms with E-state index in [2.05, 4.69) is 17.2 Å². The number of hydrogen-bond acceptors (Lipinski definition) is 4. The minimum atomic E-state index is 0.0647. The average Bonchev–Trinajstić information content (AvgIpc) is 2.31. The van der Waals surface area contributed by atoms with Gasteiger partial charge in [0, 0.05) is 24.5 Å². The summed E-state index contributed by atoms with van der Waals surface area (Å²) in [7, 11) is 0. The van der Waals surface area contributed by atoms with Crippen molar-refractivity contribution >= 4 is 35.0 Å². The van der Waals surface area contributed by atoms with E-state index in [1.165, 1.54) is 6.20 Å². The van der Waals surface area contributed by atoms with E-state index in [0.29, 0.717) is 11.2 Å². The maximum absolute atomic E-state index is 5.66.